The van der Waals surface area contributed by atoms with Gasteiger partial charge in [-0.3, -0.25) is 9.59 Å². The number of carbonyl (C=O) groups is 2. The molecule has 104 valence electrons. The number of rotatable bonds is 5. The highest BCUT2D eigenvalue weighted by Crippen LogP contribution is 2.27. The van der Waals surface area contributed by atoms with Crippen molar-refractivity contribution in [2.45, 2.75) is 13.3 Å². The van der Waals surface area contributed by atoms with Crippen molar-refractivity contribution in [2.75, 3.05) is 31.4 Å². The Balaban J connectivity index is 2.79. The number of methoxy groups -OCH3 is 1. The van der Waals surface area contributed by atoms with Crippen molar-refractivity contribution in [3.63, 3.8) is 0 Å². The van der Waals surface area contributed by atoms with Crippen LogP contribution in [0, 0.1) is 0 Å². The summed E-state index contributed by atoms with van der Waals surface area (Å²) in [5, 5.41) is 0. The highest BCUT2D eigenvalue weighted by atomic mass is 16.5. The van der Waals surface area contributed by atoms with Crippen LogP contribution in [0.15, 0.2) is 18.2 Å². The van der Waals surface area contributed by atoms with E-state index in [2.05, 4.69) is 0 Å². The van der Waals surface area contributed by atoms with Gasteiger partial charge in [-0.1, -0.05) is 0 Å². The van der Waals surface area contributed by atoms with Crippen LogP contribution in [0.3, 0.4) is 0 Å². The summed E-state index contributed by atoms with van der Waals surface area (Å²) in [5.41, 5.74) is 6.76. The van der Waals surface area contributed by atoms with Crippen LogP contribution >= 0.6 is 0 Å². The monoisotopic (exact) mass is 266 g/mol. The van der Waals surface area contributed by atoms with Crippen LogP contribution < -0.4 is 15.4 Å². The minimum atomic E-state index is -0.550. The van der Waals surface area contributed by atoms with E-state index in [1.807, 2.05) is 0 Å². The second-order valence-corrected chi connectivity index (χ2v) is 3.86. The maximum atomic E-state index is 11.9. The zero-order chi connectivity index (χ0) is 14.4. The molecule has 0 saturated heterocycles. The Morgan fingerprint density at radius 1 is 1.37 bits per heavy atom. The molecule has 2 N–H and O–H groups in total. The van der Waals surface area contributed by atoms with Gasteiger partial charge in [-0.25, -0.2) is 0 Å². The topological polar surface area (TPSA) is 81.9 Å². The maximum absolute atomic E-state index is 11.9. The SMILES string of the molecule is CCOC(=O)CC(=O)N(C)c1ccc(OC)cc1N. The Bertz CT molecular complexity index is 474. The molecule has 1 aromatic carbocycles. The molecule has 0 atom stereocenters. The summed E-state index contributed by atoms with van der Waals surface area (Å²) in [7, 11) is 3.09. The van der Waals surface area contributed by atoms with E-state index in [1.165, 1.54) is 12.0 Å². The number of amides is 1. The number of esters is 1. The van der Waals surface area contributed by atoms with Gasteiger partial charge in [0.1, 0.15) is 12.2 Å². The number of anilines is 2. The molecule has 0 saturated carbocycles. The van der Waals surface area contributed by atoms with E-state index in [-0.39, 0.29) is 18.9 Å². The van der Waals surface area contributed by atoms with Crippen LogP contribution in [0.25, 0.3) is 0 Å². The molecule has 6 heteroatoms. The Hall–Kier alpha value is -2.24. The van der Waals surface area contributed by atoms with E-state index in [0.29, 0.717) is 17.1 Å². The Morgan fingerprint density at radius 2 is 2.05 bits per heavy atom. The summed E-state index contributed by atoms with van der Waals surface area (Å²) in [6, 6.07) is 4.97. The quantitative estimate of drug-likeness (QED) is 0.492. The average Bonchev–Trinajstić information content (AvgIpc) is 2.37. The number of hydrogen-bond donors (Lipinski definition) is 1. The number of nitrogens with zero attached hydrogens (tertiary/aromatic N) is 1. The molecule has 19 heavy (non-hydrogen) atoms. The molecule has 0 radical (unpaired) electrons. The summed E-state index contributed by atoms with van der Waals surface area (Å²) < 4.78 is 9.76. The summed E-state index contributed by atoms with van der Waals surface area (Å²) in [5.74, 6) is -0.325. The predicted octanol–water partition coefficient (Wildman–Crippen LogP) is 1.19. The molecule has 0 aliphatic carbocycles. The third-order valence-corrected chi connectivity index (χ3v) is 2.57. The minimum absolute atomic E-state index is 0.250. The lowest BCUT2D eigenvalue weighted by Crippen LogP contribution is -2.29. The van der Waals surface area contributed by atoms with Crippen molar-refractivity contribution in [1.82, 2.24) is 0 Å². The van der Waals surface area contributed by atoms with Crippen LogP contribution in [0.4, 0.5) is 11.4 Å². The van der Waals surface area contributed by atoms with Gasteiger partial charge in [-0.2, -0.15) is 0 Å². The lowest BCUT2D eigenvalue weighted by atomic mass is 10.2. The van der Waals surface area contributed by atoms with E-state index in [0.717, 1.165) is 0 Å². The van der Waals surface area contributed by atoms with Crippen molar-refractivity contribution >= 4 is 23.3 Å². The molecule has 0 heterocycles. The first-order valence-corrected chi connectivity index (χ1v) is 5.85. The summed E-state index contributed by atoms with van der Waals surface area (Å²) >= 11 is 0. The summed E-state index contributed by atoms with van der Waals surface area (Å²) in [4.78, 5) is 24.5. The van der Waals surface area contributed by atoms with Gasteiger partial charge >= 0.3 is 5.97 Å². The number of nitrogen functional groups attached to an aromatic ring is 1. The zero-order valence-corrected chi connectivity index (χ0v) is 11.3. The number of nitrogens with two attached hydrogens (primary N) is 1. The van der Waals surface area contributed by atoms with Gasteiger partial charge in [0.05, 0.1) is 25.1 Å². The fraction of sp³-hybridized carbons (Fsp3) is 0.385. The van der Waals surface area contributed by atoms with E-state index >= 15 is 0 Å². The minimum Gasteiger partial charge on any atom is -0.497 e. The van der Waals surface area contributed by atoms with Crippen LogP contribution in [-0.2, 0) is 14.3 Å². The highest BCUT2D eigenvalue weighted by Gasteiger charge is 2.18. The summed E-state index contributed by atoms with van der Waals surface area (Å²) in [6.07, 6.45) is -0.310. The molecular formula is C13H18N2O4. The molecule has 0 aliphatic rings. The number of ether oxygens (including phenoxy) is 2. The summed E-state index contributed by atoms with van der Waals surface area (Å²) in [6.45, 7) is 1.94. The number of hydrogen-bond acceptors (Lipinski definition) is 5. The largest absolute Gasteiger partial charge is 0.497 e. The smallest absolute Gasteiger partial charge is 0.315 e. The zero-order valence-electron chi connectivity index (χ0n) is 11.3. The molecule has 0 aliphatic heterocycles. The van der Waals surface area contributed by atoms with Crippen molar-refractivity contribution in [1.29, 1.82) is 0 Å². The van der Waals surface area contributed by atoms with E-state index in [9.17, 15) is 9.59 Å². The Kier molecular flexibility index (Phi) is 5.17. The highest BCUT2D eigenvalue weighted by molar-refractivity contribution is 6.04. The lowest BCUT2D eigenvalue weighted by molar-refractivity contribution is -0.145. The molecular weight excluding hydrogens is 248 g/mol. The van der Waals surface area contributed by atoms with E-state index in [4.69, 9.17) is 15.2 Å². The molecule has 0 aromatic heterocycles. The van der Waals surface area contributed by atoms with Gasteiger partial charge in [0.25, 0.3) is 0 Å². The number of carbonyl (C=O) groups excluding carboxylic acids is 2. The van der Waals surface area contributed by atoms with Crippen LogP contribution in [0.1, 0.15) is 13.3 Å². The van der Waals surface area contributed by atoms with Gasteiger partial charge in [0.2, 0.25) is 5.91 Å². The first-order chi connectivity index (χ1) is 8.99. The molecule has 6 nitrogen and oxygen atoms in total. The van der Waals surface area contributed by atoms with Crippen LogP contribution in [-0.4, -0.2) is 32.6 Å². The second kappa shape index (κ2) is 6.63. The standard InChI is InChI=1S/C13H18N2O4/c1-4-19-13(17)8-12(16)15(2)11-6-5-9(18-3)7-10(11)14/h5-7H,4,8,14H2,1-3H3. The molecule has 0 spiro atoms. The lowest BCUT2D eigenvalue weighted by Gasteiger charge is -2.19. The third kappa shape index (κ3) is 3.87. The van der Waals surface area contributed by atoms with Gasteiger partial charge in [-0.15, -0.1) is 0 Å². The first kappa shape index (κ1) is 14.8. The Morgan fingerprint density at radius 3 is 2.58 bits per heavy atom. The van der Waals surface area contributed by atoms with Gasteiger partial charge in [0.15, 0.2) is 0 Å². The van der Waals surface area contributed by atoms with Crippen molar-refractivity contribution in [2.24, 2.45) is 0 Å². The number of benzene rings is 1. The van der Waals surface area contributed by atoms with Crippen molar-refractivity contribution in [3.05, 3.63) is 18.2 Å². The molecule has 1 rings (SSSR count). The van der Waals surface area contributed by atoms with Crippen molar-refractivity contribution in [3.8, 4) is 5.75 Å². The fourth-order valence-electron chi connectivity index (χ4n) is 1.55. The molecule has 1 aromatic rings. The molecule has 0 unspecified atom stereocenters. The first-order valence-electron chi connectivity index (χ1n) is 5.85. The second-order valence-electron chi connectivity index (χ2n) is 3.86. The van der Waals surface area contributed by atoms with Crippen LogP contribution in [0.5, 0.6) is 5.75 Å². The molecule has 0 bridgehead atoms. The maximum Gasteiger partial charge on any atom is 0.315 e. The van der Waals surface area contributed by atoms with Crippen molar-refractivity contribution < 1.29 is 19.1 Å². The fourth-order valence-corrected chi connectivity index (χ4v) is 1.55. The van der Waals surface area contributed by atoms with Gasteiger partial charge in [-0.05, 0) is 19.1 Å². The molecule has 1 amide bonds. The van der Waals surface area contributed by atoms with Crippen LogP contribution in [0.2, 0.25) is 0 Å². The third-order valence-electron chi connectivity index (χ3n) is 2.57. The average molecular weight is 266 g/mol. The van der Waals surface area contributed by atoms with E-state index in [1.54, 1.807) is 32.2 Å². The molecule has 0 fully saturated rings. The Labute approximate surface area is 112 Å². The van der Waals surface area contributed by atoms with Gasteiger partial charge in [0, 0.05) is 13.1 Å². The normalized spacial score (nSPS) is 9.84. The predicted molar refractivity (Wildman–Crippen MR) is 72.1 cm³/mol. The van der Waals surface area contributed by atoms with E-state index < -0.39 is 5.97 Å². The van der Waals surface area contributed by atoms with Gasteiger partial charge < -0.3 is 20.1 Å².